The number of halogens is 1. The molecule has 9 nitrogen and oxygen atoms in total. The van der Waals surface area contributed by atoms with Crippen LogP contribution in [0.5, 0.6) is 0 Å². The Morgan fingerprint density at radius 3 is 2.80 bits per heavy atom. The van der Waals surface area contributed by atoms with E-state index in [2.05, 4.69) is 51.4 Å². The van der Waals surface area contributed by atoms with E-state index in [1.54, 1.807) is 6.92 Å². The van der Waals surface area contributed by atoms with E-state index in [4.69, 9.17) is 20.9 Å². The molecule has 4 aromatic rings. The van der Waals surface area contributed by atoms with Crippen LogP contribution in [-0.4, -0.2) is 35.9 Å². The van der Waals surface area contributed by atoms with Gasteiger partial charge in [0, 0.05) is 5.92 Å². The van der Waals surface area contributed by atoms with Crippen LogP contribution in [0, 0.1) is 13.8 Å². The molecule has 0 N–H and O–H groups in total. The third-order valence-corrected chi connectivity index (χ3v) is 5.60. The van der Waals surface area contributed by atoms with Crippen LogP contribution in [0.4, 0.5) is 0 Å². The smallest absolute Gasteiger partial charge is 0.280 e. The predicted molar refractivity (Wildman–Crippen MR) is 108 cm³/mol. The second kappa shape index (κ2) is 7.33. The monoisotopic (exact) mass is 426 g/mol. The molecule has 2 atom stereocenters. The number of benzene rings is 1. The van der Waals surface area contributed by atoms with Gasteiger partial charge in [-0.05, 0) is 37.4 Å². The molecule has 5 rings (SSSR count). The van der Waals surface area contributed by atoms with Gasteiger partial charge < -0.3 is 9.26 Å². The number of nitrogens with zero attached hydrogens (tertiary/aromatic N) is 6. The van der Waals surface area contributed by atoms with Crippen LogP contribution >= 0.6 is 11.6 Å². The minimum absolute atomic E-state index is 0.0152. The summed E-state index contributed by atoms with van der Waals surface area (Å²) in [6.07, 6.45) is 2.18. The van der Waals surface area contributed by atoms with Gasteiger partial charge in [-0.25, -0.2) is 4.98 Å². The van der Waals surface area contributed by atoms with Crippen molar-refractivity contribution in [3.63, 3.8) is 0 Å². The Kier molecular flexibility index (Phi) is 4.63. The van der Waals surface area contributed by atoms with Gasteiger partial charge in [0.2, 0.25) is 11.2 Å². The lowest BCUT2D eigenvalue weighted by Crippen LogP contribution is -2.24. The van der Waals surface area contributed by atoms with Crippen LogP contribution < -0.4 is 5.56 Å². The third kappa shape index (κ3) is 3.29. The van der Waals surface area contributed by atoms with Gasteiger partial charge in [-0.3, -0.25) is 9.36 Å². The number of hydrogen-bond acceptors (Lipinski definition) is 7. The molecular weight excluding hydrogens is 408 g/mol. The Hall–Kier alpha value is -3.04. The van der Waals surface area contributed by atoms with Crippen LogP contribution in [0.15, 0.2) is 39.9 Å². The highest BCUT2D eigenvalue weighted by atomic mass is 35.5. The van der Waals surface area contributed by atoms with Gasteiger partial charge in [0.05, 0.1) is 18.4 Å². The van der Waals surface area contributed by atoms with Gasteiger partial charge in [0.25, 0.3) is 5.56 Å². The standard InChI is InChI=1S/C20H19ClN6O3/c1-11-3-5-13(6-4-11)15-7-14(9-29-15)18-24-16(30-25-18)8-26-10-22-27-17(19(26)28)12(2)23-20(27)21/h3-6,10,14-15H,7-9H2,1-2H3/t14-,15+/m0/s1. The summed E-state index contributed by atoms with van der Waals surface area (Å²) in [4.78, 5) is 21.3. The van der Waals surface area contributed by atoms with Gasteiger partial charge >= 0.3 is 0 Å². The zero-order valence-electron chi connectivity index (χ0n) is 16.4. The van der Waals surface area contributed by atoms with Crippen molar-refractivity contribution in [1.29, 1.82) is 0 Å². The zero-order chi connectivity index (χ0) is 20.8. The van der Waals surface area contributed by atoms with E-state index in [0.29, 0.717) is 29.5 Å². The van der Waals surface area contributed by atoms with E-state index in [1.165, 1.54) is 21.0 Å². The summed E-state index contributed by atoms with van der Waals surface area (Å²) in [6.45, 7) is 4.42. The Bertz CT molecular complexity index is 1280. The van der Waals surface area contributed by atoms with E-state index in [-0.39, 0.29) is 29.4 Å². The molecule has 0 saturated carbocycles. The third-order valence-electron chi connectivity index (χ3n) is 5.36. The molecule has 10 heteroatoms. The molecule has 154 valence electrons. The van der Waals surface area contributed by atoms with Crippen LogP contribution in [-0.2, 0) is 11.3 Å². The molecule has 1 aliphatic heterocycles. The highest BCUT2D eigenvalue weighted by molar-refractivity contribution is 6.28. The largest absolute Gasteiger partial charge is 0.373 e. The summed E-state index contributed by atoms with van der Waals surface area (Å²) < 4.78 is 14.1. The molecule has 1 saturated heterocycles. The van der Waals surface area contributed by atoms with Crippen molar-refractivity contribution in [3.05, 3.63) is 74.8 Å². The SMILES string of the molecule is Cc1ccc([C@H]2C[C@H](c3noc(Cn4cnn5c(Cl)nc(C)c5c4=O)n3)CO2)cc1. The molecule has 4 heterocycles. The number of aromatic nitrogens is 6. The van der Waals surface area contributed by atoms with Crippen molar-refractivity contribution < 1.29 is 9.26 Å². The molecule has 0 unspecified atom stereocenters. The average molecular weight is 427 g/mol. The van der Waals surface area contributed by atoms with Crippen molar-refractivity contribution >= 4 is 17.1 Å². The molecule has 0 radical (unpaired) electrons. The number of hydrogen-bond donors (Lipinski definition) is 0. The van der Waals surface area contributed by atoms with Gasteiger partial charge in [0.1, 0.15) is 12.9 Å². The first-order valence-electron chi connectivity index (χ1n) is 9.60. The van der Waals surface area contributed by atoms with Gasteiger partial charge in [-0.2, -0.15) is 14.6 Å². The molecular formula is C20H19ClN6O3. The molecule has 1 aromatic carbocycles. The first kappa shape index (κ1) is 19.0. The molecule has 1 aliphatic rings. The first-order valence-corrected chi connectivity index (χ1v) is 9.98. The first-order chi connectivity index (χ1) is 14.5. The second-order valence-corrected chi connectivity index (χ2v) is 7.84. The van der Waals surface area contributed by atoms with Crippen LogP contribution in [0.2, 0.25) is 5.28 Å². The highest BCUT2D eigenvalue weighted by Crippen LogP contribution is 2.37. The van der Waals surface area contributed by atoms with E-state index in [0.717, 1.165) is 12.0 Å². The van der Waals surface area contributed by atoms with Crippen molar-refractivity contribution in [2.24, 2.45) is 0 Å². The molecule has 0 spiro atoms. The molecule has 30 heavy (non-hydrogen) atoms. The minimum Gasteiger partial charge on any atom is -0.373 e. The number of rotatable bonds is 4. The summed E-state index contributed by atoms with van der Waals surface area (Å²) in [6, 6.07) is 8.33. The number of imidazole rings is 1. The number of fused-ring (bicyclic) bond motifs is 1. The van der Waals surface area contributed by atoms with Crippen molar-refractivity contribution in [3.8, 4) is 0 Å². The molecule has 1 fully saturated rings. The van der Waals surface area contributed by atoms with Gasteiger partial charge in [0.15, 0.2) is 11.3 Å². The fourth-order valence-corrected chi connectivity index (χ4v) is 3.97. The van der Waals surface area contributed by atoms with E-state index < -0.39 is 0 Å². The normalized spacial score (nSPS) is 19.0. The van der Waals surface area contributed by atoms with Gasteiger partial charge in [-0.1, -0.05) is 35.0 Å². The van der Waals surface area contributed by atoms with Crippen LogP contribution in [0.3, 0.4) is 0 Å². The van der Waals surface area contributed by atoms with E-state index in [1.807, 2.05) is 0 Å². The molecule has 0 aliphatic carbocycles. The summed E-state index contributed by atoms with van der Waals surface area (Å²) in [5.74, 6) is 0.965. The quantitative estimate of drug-likeness (QED) is 0.494. The Labute approximate surface area is 176 Å². The molecule has 0 amide bonds. The Morgan fingerprint density at radius 1 is 1.20 bits per heavy atom. The summed E-state index contributed by atoms with van der Waals surface area (Å²) in [5.41, 5.74) is 2.93. The Morgan fingerprint density at radius 2 is 2.00 bits per heavy atom. The van der Waals surface area contributed by atoms with E-state index in [9.17, 15) is 4.79 Å². The van der Waals surface area contributed by atoms with Crippen molar-refractivity contribution in [2.45, 2.75) is 38.8 Å². The summed E-state index contributed by atoms with van der Waals surface area (Å²) in [5, 5.41) is 8.43. The molecule has 0 bridgehead atoms. The Balaban J connectivity index is 1.33. The fourth-order valence-electron chi connectivity index (χ4n) is 3.71. The maximum absolute atomic E-state index is 12.7. The van der Waals surface area contributed by atoms with E-state index >= 15 is 0 Å². The van der Waals surface area contributed by atoms with Crippen molar-refractivity contribution in [2.75, 3.05) is 6.61 Å². The minimum atomic E-state index is -0.273. The van der Waals surface area contributed by atoms with Crippen molar-refractivity contribution in [1.82, 2.24) is 29.3 Å². The van der Waals surface area contributed by atoms with Crippen LogP contribution in [0.25, 0.3) is 5.52 Å². The molecule has 3 aromatic heterocycles. The predicted octanol–water partition coefficient (Wildman–Crippen LogP) is 2.84. The summed E-state index contributed by atoms with van der Waals surface area (Å²) >= 11 is 5.99. The highest BCUT2D eigenvalue weighted by Gasteiger charge is 2.31. The average Bonchev–Trinajstić information content (AvgIpc) is 3.44. The second-order valence-electron chi connectivity index (χ2n) is 7.50. The van der Waals surface area contributed by atoms with Crippen LogP contribution in [0.1, 0.15) is 47.0 Å². The van der Waals surface area contributed by atoms with Gasteiger partial charge in [-0.15, -0.1) is 0 Å². The lowest BCUT2D eigenvalue weighted by Gasteiger charge is -2.09. The maximum atomic E-state index is 12.7. The number of ether oxygens (including phenoxy) is 1. The lowest BCUT2D eigenvalue weighted by molar-refractivity contribution is 0.110. The lowest BCUT2D eigenvalue weighted by atomic mass is 9.99. The zero-order valence-corrected chi connectivity index (χ0v) is 17.2. The topological polar surface area (TPSA) is 100 Å². The number of aryl methyl sites for hydroxylation is 2. The fraction of sp³-hybridized carbons (Fsp3) is 0.350. The maximum Gasteiger partial charge on any atom is 0.280 e. The summed E-state index contributed by atoms with van der Waals surface area (Å²) in [7, 11) is 0.